The molecule has 0 aromatic heterocycles. The third-order valence-electron chi connectivity index (χ3n) is 2.12. The monoisotopic (exact) mass is 232 g/mol. The minimum atomic E-state index is 0.132. The van der Waals surface area contributed by atoms with Gasteiger partial charge in [0.1, 0.15) is 0 Å². The molecular formula is C13H28O3. The van der Waals surface area contributed by atoms with E-state index in [0.717, 1.165) is 13.0 Å². The van der Waals surface area contributed by atoms with Crippen LogP contribution in [0.25, 0.3) is 0 Å². The first-order valence-electron chi connectivity index (χ1n) is 6.41. The molecule has 0 aromatic rings. The van der Waals surface area contributed by atoms with Crippen molar-refractivity contribution in [3.63, 3.8) is 0 Å². The second-order valence-corrected chi connectivity index (χ2v) is 4.57. The molecule has 0 rings (SSSR count). The zero-order valence-corrected chi connectivity index (χ0v) is 11.5. The van der Waals surface area contributed by atoms with E-state index in [1.807, 2.05) is 27.7 Å². The van der Waals surface area contributed by atoms with E-state index in [9.17, 15) is 0 Å². The standard InChI is InChI=1S/C13H28O3/c1-6-7-8-14-9-12(4)16-13(5)10-15-11(2)3/h11-13H,6-10H2,1-5H3. The van der Waals surface area contributed by atoms with E-state index in [4.69, 9.17) is 14.2 Å². The molecule has 0 bridgehead atoms. The number of hydrogen-bond donors (Lipinski definition) is 0. The maximum Gasteiger partial charge on any atom is 0.0785 e. The van der Waals surface area contributed by atoms with Crippen molar-refractivity contribution in [3.05, 3.63) is 0 Å². The summed E-state index contributed by atoms with van der Waals surface area (Å²) in [6.07, 6.45) is 2.84. The van der Waals surface area contributed by atoms with Crippen molar-refractivity contribution in [3.8, 4) is 0 Å². The van der Waals surface area contributed by atoms with Crippen molar-refractivity contribution in [2.24, 2.45) is 0 Å². The Bertz CT molecular complexity index is 148. The van der Waals surface area contributed by atoms with Crippen molar-refractivity contribution < 1.29 is 14.2 Å². The SMILES string of the molecule is CCCCOCC(C)OC(C)COC(C)C. The topological polar surface area (TPSA) is 27.7 Å². The second-order valence-electron chi connectivity index (χ2n) is 4.57. The van der Waals surface area contributed by atoms with Crippen LogP contribution < -0.4 is 0 Å². The van der Waals surface area contributed by atoms with Gasteiger partial charge in [-0.2, -0.15) is 0 Å². The minimum absolute atomic E-state index is 0.132. The summed E-state index contributed by atoms with van der Waals surface area (Å²) >= 11 is 0. The van der Waals surface area contributed by atoms with Crippen LogP contribution in [-0.2, 0) is 14.2 Å². The van der Waals surface area contributed by atoms with Crippen molar-refractivity contribution in [1.29, 1.82) is 0 Å². The lowest BCUT2D eigenvalue weighted by Gasteiger charge is -2.20. The highest BCUT2D eigenvalue weighted by Gasteiger charge is 2.09. The number of unbranched alkanes of at least 4 members (excludes halogenated alkanes) is 1. The van der Waals surface area contributed by atoms with E-state index in [2.05, 4.69) is 6.92 Å². The van der Waals surface area contributed by atoms with E-state index < -0.39 is 0 Å². The average Bonchev–Trinajstić information content (AvgIpc) is 2.21. The summed E-state index contributed by atoms with van der Waals surface area (Å²) in [6.45, 7) is 12.5. The van der Waals surface area contributed by atoms with Gasteiger partial charge in [-0.1, -0.05) is 13.3 Å². The molecule has 2 unspecified atom stereocenters. The molecule has 0 saturated carbocycles. The molecule has 2 atom stereocenters. The predicted molar refractivity (Wildman–Crippen MR) is 66.8 cm³/mol. The fourth-order valence-electron chi connectivity index (χ4n) is 1.30. The largest absolute Gasteiger partial charge is 0.379 e. The predicted octanol–water partition coefficient (Wildman–Crippen LogP) is 3.02. The first-order chi connectivity index (χ1) is 7.56. The molecular weight excluding hydrogens is 204 g/mol. The van der Waals surface area contributed by atoms with Crippen LogP contribution in [0.3, 0.4) is 0 Å². The number of hydrogen-bond acceptors (Lipinski definition) is 3. The Morgan fingerprint density at radius 2 is 1.56 bits per heavy atom. The molecule has 0 aromatic carbocycles. The molecule has 3 nitrogen and oxygen atoms in total. The van der Waals surface area contributed by atoms with Gasteiger partial charge in [0.05, 0.1) is 31.5 Å². The average molecular weight is 232 g/mol. The molecule has 0 aliphatic rings. The maximum atomic E-state index is 5.73. The van der Waals surface area contributed by atoms with Gasteiger partial charge in [0.2, 0.25) is 0 Å². The molecule has 0 spiro atoms. The van der Waals surface area contributed by atoms with Gasteiger partial charge in [-0.05, 0) is 34.1 Å². The van der Waals surface area contributed by atoms with Crippen molar-refractivity contribution >= 4 is 0 Å². The fraction of sp³-hybridized carbons (Fsp3) is 1.00. The first-order valence-corrected chi connectivity index (χ1v) is 6.41. The van der Waals surface area contributed by atoms with Crippen LogP contribution in [0.4, 0.5) is 0 Å². The van der Waals surface area contributed by atoms with Gasteiger partial charge < -0.3 is 14.2 Å². The first kappa shape index (κ1) is 15.9. The second kappa shape index (κ2) is 10.1. The van der Waals surface area contributed by atoms with Gasteiger partial charge in [0.25, 0.3) is 0 Å². The van der Waals surface area contributed by atoms with Gasteiger partial charge in [0.15, 0.2) is 0 Å². The summed E-state index contributed by atoms with van der Waals surface area (Å²) < 4.78 is 16.7. The smallest absolute Gasteiger partial charge is 0.0785 e. The maximum absolute atomic E-state index is 5.73. The van der Waals surface area contributed by atoms with E-state index in [1.165, 1.54) is 6.42 Å². The van der Waals surface area contributed by atoms with Gasteiger partial charge >= 0.3 is 0 Å². The normalized spacial score (nSPS) is 15.4. The molecule has 3 heteroatoms. The molecule has 0 N–H and O–H groups in total. The Morgan fingerprint density at radius 1 is 0.938 bits per heavy atom. The molecule has 16 heavy (non-hydrogen) atoms. The Morgan fingerprint density at radius 3 is 2.12 bits per heavy atom. The van der Waals surface area contributed by atoms with Crippen molar-refractivity contribution in [1.82, 2.24) is 0 Å². The summed E-state index contributed by atoms with van der Waals surface area (Å²) in [4.78, 5) is 0. The lowest BCUT2D eigenvalue weighted by molar-refractivity contribution is -0.0793. The van der Waals surface area contributed by atoms with Crippen LogP contribution in [-0.4, -0.2) is 38.1 Å². The zero-order valence-electron chi connectivity index (χ0n) is 11.5. The lowest BCUT2D eigenvalue weighted by atomic mass is 10.3. The molecule has 0 saturated heterocycles. The van der Waals surface area contributed by atoms with E-state index in [1.54, 1.807) is 0 Å². The third-order valence-corrected chi connectivity index (χ3v) is 2.12. The van der Waals surface area contributed by atoms with Crippen LogP contribution in [0.5, 0.6) is 0 Å². The van der Waals surface area contributed by atoms with E-state index >= 15 is 0 Å². The van der Waals surface area contributed by atoms with E-state index in [0.29, 0.717) is 13.2 Å². The van der Waals surface area contributed by atoms with Crippen LogP contribution in [0.15, 0.2) is 0 Å². The Kier molecular flexibility index (Phi) is 9.99. The van der Waals surface area contributed by atoms with Crippen molar-refractivity contribution in [2.75, 3.05) is 19.8 Å². The van der Waals surface area contributed by atoms with Crippen LogP contribution in [0.1, 0.15) is 47.5 Å². The molecule has 0 fully saturated rings. The zero-order chi connectivity index (χ0) is 12.4. The molecule has 0 aliphatic carbocycles. The molecule has 0 radical (unpaired) electrons. The summed E-state index contributed by atoms with van der Waals surface area (Å²) in [5.41, 5.74) is 0. The number of ether oxygens (including phenoxy) is 3. The highest BCUT2D eigenvalue weighted by Crippen LogP contribution is 2.02. The van der Waals surface area contributed by atoms with Gasteiger partial charge in [-0.15, -0.1) is 0 Å². The molecule has 0 amide bonds. The summed E-state index contributed by atoms with van der Waals surface area (Å²) in [5.74, 6) is 0. The Hall–Kier alpha value is -0.120. The summed E-state index contributed by atoms with van der Waals surface area (Å²) in [7, 11) is 0. The third kappa shape index (κ3) is 10.4. The quantitative estimate of drug-likeness (QED) is 0.542. The van der Waals surface area contributed by atoms with Crippen LogP contribution in [0, 0.1) is 0 Å². The fourth-order valence-corrected chi connectivity index (χ4v) is 1.30. The number of rotatable bonds is 10. The molecule has 98 valence electrons. The Labute approximate surface area is 100 Å². The van der Waals surface area contributed by atoms with Gasteiger partial charge in [-0.3, -0.25) is 0 Å². The highest BCUT2D eigenvalue weighted by molar-refractivity contribution is 4.55. The van der Waals surface area contributed by atoms with E-state index in [-0.39, 0.29) is 18.3 Å². The van der Waals surface area contributed by atoms with Gasteiger partial charge in [-0.25, -0.2) is 0 Å². The van der Waals surface area contributed by atoms with Crippen LogP contribution in [0.2, 0.25) is 0 Å². The molecule has 0 aliphatic heterocycles. The summed E-state index contributed by atoms with van der Waals surface area (Å²) in [5, 5.41) is 0. The minimum Gasteiger partial charge on any atom is -0.379 e. The lowest BCUT2D eigenvalue weighted by Crippen LogP contribution is -2.26. The Balaban J connectivity index is 3.42. The van der Waals surface area contributed by atoms with Gasteiger partial charge in [0, 0.05) is 6.61 Å². The summed E-state index contributed by atoms with van der Waals surface area (Å²) in [6, 6.07) is 0. The highest BCUT2D eigenvalue weighted by atomic mass is 16.6. The van der Waals surface area contributed by atoms with Crippen molar-refractivity contribution in [2.45, 2.75) is 65.8 Å². The van der Waals surface area contributed by atoms with Crippen LogP contribution >= 0.6 is 0 Å². The molecule has 0 heterocycles.